The topological polar surface area (TPSA) is 82.7 Å². The second-order valence-corrected chi connectivity index (χ2v) is 3.67. The molecule has 3 N–H and O–H groups in total. The third-order valence-corrected chi connectivity index (χ3v) is 2.52. The van der Waals surface area contributed by atoms with E-state index in [-0.39, 0.29) is 22.9 Å². The number of phenols is 1. The zero-order chi connectivity index (χ0) is 12.6. The van der Waals surface area contributed by atoms with Crippen LogP contribution in [0.1, 0.15) is 5.56 Å². The lowest BCUT2D eigenvalue weighted by Crippen LogP contribution is -2.17. The molecular weight excluding hydrogens is 222 g/mol. The molecule has 1 aromatic heterocycles. The number of hydrogen-bond acceptors (Lipinski definition) is 4. The molecule has 0 amide bonds. The fourth-order valence-electron chi connectivity index (χ4n) is 1.53. The van der Waals surface area contributed by atoms with Gasteiger partial charge in [0.05, 0.1) is 11.3 Å². The van der Waals surface area contributed by atoms with Gasteiger partial charge in [-0.3, -0.25) is 4.79 Å². The van der Waals surface area contributed by atoms with E-state index in [1.165, 1.54) is 31.2 Å². The van der Waals surface area contributed by atoms with Crippen molar-refractivity contribution in [2.75, 3.05) is 0 Å². The van der Waals surface area contributed by atoms with E-state index in [1.807, 2.05) is 0 Å². The van der Waals surface area contributed by atoms with Crippen LogP contribution in [-0.4, -0.2) is 19.9 Å². The summed E-state index contributed by atoms with van der Waals surface area (Å²) in [7, 11) is 0. The molecule has 17 heavy (non-hydrogen) atoms. The Labute approximate surface area is 96.8 Å². The molecule has 5 nitrogen and oxygen atoms in total. The maximum atomic E-state index is 11.7. The van der Waals surface area contributed by atoms with Gasteiger partial charge in [-0.1, -0.05) is 0 Å². The van der Waals surface area contributed by atoms with Gasteiger partial charge in [-0.2, -0.15) is 0 Å². The summed E-state index contributed by atoms with van der Waals surface area (Å²) in [6.45, 7) is 1.50. The predicted octanol–water partition coefficient (Wildman–Crippen LogP) is 1.26. The maximum absolute atomic E-state index is 11.7. The van der Waals surface area contributed by atoms with Gasteiger partial charge in [0.2, 0.25) is 5.88 Å². The standard InChI is InChI=1S/C12H11NO4/c1-7-10(15)6-11(16)13(12(7)17)8-2-4-9(14)5-3-8/h2-6,14-15,17H,1H3. The lowest BCUT2D eigenvalue weighted by molar-refractivity contribution is 0.412. The highest BCUT2D eigenvalue weighted by Crippen LogP contribution is 2.25. The molecule has 1 aromatic carbocycles. The van der Waals surface area contributed by atoms with Crippen LogP contribution < -0.4 is 5.56 Å². The molecule has 0 radical (unpaired) electrons. The SMILES string of the molecule is Cc1c(O)cc(=O)n(-c2ccc(O)cc2)c1O. The van der Waals surface area contributed by atoms with Crippen molar-refractivity contribution >= 4 is 0 Å². The summed E-state index contributed by atoms with van der Waals surface area (Å²) in [4.78, 5) is 11.7. The van der Waals surface area contributed by atoms with E-state index < -0.39 is 5.56 Å². The Hall–Kier alpha value is -2.43. The Balaban J connectivity index is 2.72. The third kappa shape index (κ3) is 1.82. The highest BCUT2D eigenvalue weighted by atomic mass is 16.3. The van der Waals surface area contributed by atoms with Crippen molar-refractivity contribution in [3.8, 4) is 23.1 Å². The number of benzene rings is 1. The van der Waals surface area contributed by atoms with Gasteiger partial charge in [0, 0.05) is 6.07 Å². The van der Waals surface area contributed by atoms with Gasteiger partial charge in [-0.15, -0.1) is 0 Å². The maximum Gasteiger partial charge on any atom is 0.261 e. The molecule has 0 atom stereocenters. The molecule has 0 saturated carbocycles. The quantitative estimate of drug-likeness (QED) is 0.692. The lowest BCUT2D eigenvalue weighted by Gasteiger charge is -2.11. The largest absolute Gasteiger partial charge is 0.508 e. The summed E-state index contributed by atoms with van der Waals surface area (Å²) in [5, 5.41) is 28.4. The fourth-order valence-corrected chi connectivity index (χ4v) is 1.53. The molecule has 2 rings (SSSR count). The first-order valence-electron chi connectivity index (χ1n) is 4.94. The van der Waals surface area contributed by atoms with E-state index in [2.05, 4.69) is 0 Å². The molecular formula is C12H11NO4. The molecule has 0 aliphatic carbocycles. The van der Waals surface area contributed by atoms with Gasteiger partial charge >= 0.3 is 0 Å². The van der Waals surface area contributed by atoms with Crippen LogP contribution in [0.2, 0.25) is 0 Å². The summed E-state index contributed by atoms with van der Waals surface area (Å²) < 4.78 is 1.05. The van der Waals surface area contributed by atoms with Crippen molar-refractivity contribution in [3.05, 3.63) is 46.2 Å². The Bertz CT molecular complexity index is 614. The molecule has 0 saturated heterocycles. The zero-order valence-corrected chi connectivity index (χ0v) is 9.08. The average Bonchev–Trinajstić information content (AvgIpc) is 2.29. The van der Waals surface area contributed by atoms with E-state index in [0.717, 1.165) is 10.6 Å². The van der Waals surface area contributed by atoms with Gasteiger partial charge < -0.3 is 15.3 Å². The first-order valence-corrected chi connectivity index (χ1v) is 4.94. The molecule has 5 heteroatoms. The summed E-state index contributed by atoms with van der Waals surface area (Å²) in [6, 6.07) is 6.83. The fraction of sp³-hybridized carbons (Fsp3) is 0.0833. The van der Waals surface area contributed by atoms with Crippen molar-refractivity contribution in [1.29, 1.82) is 0 Å². The number of hydrogen-bond donors (Lipinski definition) is 3. The van der Waals surface area contributed by atoms with E-state index in [1.54, 1.807) is 0 Å². The minimum absolute atomic E-state index is 0.0665. The van der Waals surface area contributed by atoms with E-state index >= 15 is 0 Å². The normalized spacial score (nSPS) is 10.4. The van der Waals surface area contributed by atoms with Gasteiger partial charge in [-0.05, 0) is 31.2 Å². The zero-order valence-electron chi connectivity index (χ0n) is 9.08. The Morgan fingerprint density at radius 2 is 1.65 bits per heavy atom. The first kappa shape index (κ1) is 11.1. The third-order valence-electron chi connectivity index (χ3n) is 2.52. The molecule has 0 aliphatic heterocycles. The number of aromatic nitrogens is 1. The number of phenolic OH excluding ortho intramolecular Hbond substituents is 1. The summed E-state index contributed by atoms with van der Waals surface area (Å²) in [5.41, 5.74) is 0.0855. The van der Waals surface area contributed by atoms with Gasteiger partial charge in [0.1, 0.15) is 11.5 Å². The highest BCUT2D eigenvalue weighted by Gasteiger charge is 2.12. The molecule has 0 spiro atoms. The van der Waals surface area contributed by atoms with Crippen molar-refractivity contribution < 1.29 is 15.3 Å². The number of nitrogens with zero attached hydrogens (tertiary/aromatic N) is 1. The smallest absolute Gasteiger partial charge is 0.261 e. The van der Waals surface area contributed by atoms with Crippen molar-refractivity contribution in [2.45, 2.75) is 6.92 Å². The van der Waals surface area contributed by atoms with Crippen LogP contribution in [0.15, 0.2) is 35.1 Å². The van der Waals surface area contributed by atoms with Crippen LogP contribution in [0.3, 0.4) is 0 Å². The van der Waals surface area contributed by atoms with E-state index in [4.69, 9.17) is 5.11 Å². The molecule has 88 valence electrons. The van der Waals surface area contributed by atoms with Crippen LogP contribution in [0.5, 0.6) is 17.4 Å². The van der Waals surface area contributed by atoms with Crippen LogP contribution in [-0.2, 0) is 0 Å². The van der Waals surface area contributed by atoms with Gasteiger partial charge in [-0.25, -0.2) is 4.57 Å². The van der Waals surface area contributed by atoms with E-state index in [0.29, 0.717) is 5.69 Å². The highest BCUT2D eigenvalue weighted by molar-refractivity contribution is 5.45. The number of aromatic hydroxyl groups is 3. The van der Waals surface area contributed by atoms with Crippen LogP contribution in [0, 0.1) is 6.92 Å². The Morgan fingerprint density at radius 1 is 1.06 bits per heavy atom. The summed E-state index contributed by atoms with van der Waals surface area (Å²) in [5.74, 6) is -0.500. The first-order chi connectivity index (χ1) is 8.00. The number of rotatable bonds is 1. The van der Waals surface area contributed by atoms with Crippen LogP contribution in [0.25, 0.3) is 5.69 Å². The summed E-state index contributed by atoms with van der Waals surface area (Å²) in [6.07, 6.45) is 0. The molecule has 1 heterocycles. The van der Waals surface area contributed by atoms with Crippen LogP contribution >= 0.6 is 0 Å². The lowest BCUT2D eigenvalue weighted by atomic mass is 10.2. The van der Waals surface area contributed by atoms with Crippen LogP contribution in [0.4, 0.5) is 0 Å². The minimum atomic E-state index is -0.545. The van der Waals surface area contributed by atoms with Crippen molar-refractivity contribution in [2.24, 2.45) is 0 Å². The number of pyridine rings is 1. The average molecular weight is 233 g/mol. The molecule has 0 fully saturated rings. The summed E-state index contributed by atoms with van der Waals surface area (Å²) >= 11 is 0. The van der Waals surface area contributed by atoms with E-state index in [9.17, 15) is 15.0 Å². The van der Waals surface area contributed by atoms with Crippen molar-refractivity contribution in [3.63, 3.8) is 0 Å². The molecule has 0 bridgehead atoms. The van der Waals surface area contributed by atoms with Gasteiger partial charge in [0.15, 0.2) is 0 Å². The second-order valence-electron chi connectivity index (χ2n) is 3.67. The van der Waals surface area contributed by atoms with Gasteiger partial charge in [0.25, 0.3) is 5.56 Å². The molecule has 0 aliphatic rings. The van der Waals surface area contributed by atoms with Crippen molar-refractivity contribution in [1.82, 2.24) is 4.57 Å². The Morgan fingerprint density at radius 3 is 2.24 bits per heavy atom. The second kappa shape index (κ2) is 3.86. The molecule has 0 unspecified atom stereocenters. The monoisotopic (exact) mass is 233 g/mol. The molecule has 2 aromatic rings. The minimum Gasteiger partial charge on any atom is -0.508 e. The predicted molar refractivity (Wildman–Crippen MR) is 61.8 cm³/mol. The Kier molecular flexibility index (Phi) is 2.51.